The van der Waals surface area contributed by atoms with Gasteiger partial charge in [-0.3, -0.25) is 0 Å². The van der Waals surface area contributed by atoms with Crippen LogP contribution in [0.25, 0.3) is 0 Å². The van der Waals surface area contributed by atoms with Crippen molar-refractivity contribution < 1.29 is 20.1 Å². The average molecular weight is 268 g/mol. The van der Waals surface area contributed by atoms with E-state index in [4.69, 9.17) is 5.11 Å². The highest BCUT2D eigenvalue weighted by molar-refractivity contribution is 5.85. The van der Waals surface area contributed by atoms with Gasteiger partial charge in [-0.05, 0) is 52.9 Å². The molecule has 1 rings (SSSR count). The van der Waals surface area contributed by atoms with Gasteiger partial charge >= 0.3 is 5.97 Å². The minimum absolute atomic E-state index is 0.266. The summed E-state index contributed by atoms with van der Waals surface area (Å²) in [6, 6.07) is 0. The van der Waals surface area contributed by atoms with E-state index >= 15 is 0 Å². The zero-order valence-corrected chi connectivity index (χ0v) is 11.9. The van der Waals surface area contributed by atoms with Crippen LogP contribution in [0.1, 0.15) is 52.9 Å². The summed E-state index contributed by atoms with van der Waals surface area (Å²) in [5.74, 6) is -0.949. The summed E-state index contributed by atoms with van der Waals surface area (Å²) in [5, 5.41) is 29.8. The van der Waals surface area contributed by atoms with Gasteiger partial charge in [0.1, 0.15) is 0 Å². The molecule has 0 aliphatic heterocycles. The maximum atomic E-state index is 10.7. The van der Waals surface area contributed by atoms with Crippen LogP contribution in [0.5, 0.6) is 0 Å². The van der Waals surface area contributed by atoms with E-state index in [9.17, 15) is 15.0 Å². The molecule has 19 heavy (non-hydrogen) atoms. The summed E-state index contributed by atoms with van der Waals surface area (Å²) < 4.78 is 0. The van der Waals surface area contributed by atoms with Crippen LogP contribution in [0.15, 0.2) is 23.3 Å². The fourth-order valence-corrected chi connectivity index (χ4v) is 2.33. The summed E-state index contributed by atoms with van der Waals surface area (Å²) >= 11 is 0. The predicted octanol–water partition coefficient (Wildman–Crippen LogP) is 2.41. The molecule has 2 atom stereocenters. The predicted molar refractivity (Wildman–Crippen MR) is 73.8 cm³/mol. The lowest BCUT2D eigenvalue weighted by Gasteiger charge is -2.43. The van der Waals surface area contributed by atoms with Crippen molar-refractivity contribution in [1.29, 1.82) is 0 Å². The van der Waals surface area contributed by atoms with Crippen molar-refractivity contribution in [2.24, 2.45) is 0 Å². The van der Waals surface area contributed by atoms with Gasteiger partial charge in [-0.25, -0.2) is 4.79 Å². The monoisotopic (exact) mass is 268 g/mol. The van der Waals surface area contributed by atoms with Crippen molar-refractivity contribution in [3.05, 3.63) is 23.3 Å². The van der Waals surface area contributed by atoms with Crippen molar-refractivity contribution in [2.45, 2.75) is 64.1 Å². The van der Waals surface area contributed by atoms with Gasteiger partial charge in [-0.2, -0.15) is 0 Å². The Morgan fingerprint density at radius 1 is 1.58 bits per heavy atom. The Labute approximate surface area is 114 Å². The van der Waals surface area contributed by atoms with Crippen molar-refractivity contribution in [3.63, 3.8) is 0 Å². The number of aliphatic hydroxyl groups is 2. The van der Waals surface area contributed by atoms with E-state index in [0.717, 1.165) is 6.42 Å². The van der Waals surface area contributed by atoms with Gasteiger partial charge < -0.3 is 15.3 Å². The van der Waals surface area contributed by atoms with Crippen LogP contribution in [0.3, 0.4) is 0 Å². The van der Waals surface area contributed by atoms with Crippen LogP contribution in [0, 0.1) is 0 Å². The van der Waals surface area contributed by atoms with E-state index in [1.807, 2.05) is 13.0 Å². The molecule has 0 amide bonds. The smallest absolute Gasteiger partial charge is 0.330 e. The van der Waals surface area contributed by atoms with E-state index in [1.54, 1.807) is 13.0 Å². The number of carboxylic acids is 1. The zero-order chi connectivity index (χ0) is 14.7. The molecule has 0 spiro atoms. The average Bonchev–Trinajstić information content (AvgIpc) is 2.32. The summed E-state index contributed by atoms with van der Waals surface area (Å²) in [5.41, 5.74) is -0.819. The van der Waals surface area contributed by atoms with E-state index in [0.29, 0.717) is 25.7 Å². The van der Waals surface area contributed by atoms with E-state index in [-0.39, 0.29) is 5.57 Å². The van der Waals surface area contributed by atoms with Gasteiger partial charge in [0.25, 0.3) is 0 Å². The maximum absolute atomic E-state index is 10.7. The highest BCUT2D eigenvalue weighted by Crippen LogP contribution is 2.38. The molecular formula is C15H24O4. The summed E-state index contributed by atoms with van der Waals surface area (Å²) in [7, 11) is 0. The molecule has 4 nitrogen and oxygen atoms in total. The lowest BCUT2D eigenvalue weighted by atomic mass is 9.72. The third-order valence-electron chi connectivity index (χ3n) is 4.14. The molecule has 0 aromatic heterocycles. The Morgan fingerprint density at radius 2 is 2.21 bits per heavy atom. The Hall–Kier alpha value is -1.13. The molecule has 0 aromatic carbocycles. The molecule has 2 unspecified atom stereocenters. The minimum Gasteiger partial charge on any atom is -0.478 e. The molecular weight excluding hydrogens is 244 g/mol. The Kier molecular flexibility index (Phi) is 4.93. The molecule has 0 fully saturated rings. The van der Waals surface area contributed by atoms with Crippen molar-refractivity contribution in [3.8, 4) is 0 Å². The first-order valence-corrected chi connectivity index (χ1v) is 6.68. The largest absolute Gasteiger partial charge is 0.478 e. The van der Waals surface area contributed by atoms with Crippen molar-refractivity contribution >= 4 is 5.97 Å². The zero-order valence-electron chi connectivity index (χ0n) is 11.9. The van der Waals surface area contributed by atoms with Crippen LogP contribution in [-0.4, -0.2) is 32.5 Å². The fraction of sp³-hybridized carbons (Fsp3) is 0.667. The molecule has 1 aliphatic carbocycles. The van der Waals surface area contributed by atoms with Gasteiger partial charge in [0, 0.05) is 5.57 Å². The molecule has 0 heterocycles. The first-order valence-electron chi connectivity index (χ1n) is 6.68. The molecule has 1 aliphatic rings. The topological polar surface area (TPSA) is 77.8 Å². The molecule has 3 N–H and O–H groups in total. The number of carbonyl (C=O) groups is 1. The lowest BCUT2D eigenvalue weighted by Crippen LogP contribution is -2.52. The Bertz CT molecular complexity index is 406. The maximum Gasteiger partial charge on any atom is 0.330 e. The SMILES string of the molecule is CC1=CCC(O)(C(C)(O)CC/C=C(\C)C(=O)O)CC1. The second-order valence-electron chi connectivity index (χ2n) is 5.79. The van der Waals surface area contributed by atoms with Crippen LogP contribution in [0.4, 0.5) is 0 Å². The standard InChI is InChI=1S/C15H24O4/c1-11-6-9-15(19,10-7-11)14(3,18)8-4-5-12(2)13(16)17/h5-6,18-19H,4,7-10H2,1-3H3,(H,16,17)/b12-5+. The minimum atomic E-state index is -1.21. The fourth-order valence-electron chi connectivity index (χ4n) is 2.33. The first kappa shape index (κ1) is 15.9. The van der Waals surface area contributed by atoms with E-state index < -0.39 is 17.2 Å². The highest BCUT2D eigenvalue weighted by Gasteiger charge is 2.44. The number of aliphatic carboxylic acids is 1. The van der Waals surface area contributed by atoms with E-state index in [1.165, 1.54) is 12.5 Å². The van der Waals surface area contributed by atoms with Crippen LogP contribution in [0.2, 0.25) is 0 Å². The second kappa shape index (κ2) is 5.88. The first-order chi connectivity index (χ1) is 8.68. The Morgan fingerprint density at radius 3 is 2.68 bits per heavy atom. The molecule has 0 saturated carbocycles. The number of allylic oxidation sites excluding steroid dienone is 2. The molecule has 4 heteroatoms. The van der Waals surface area contributed by atoms with Gasteiger partial charge in [-0.15, -0.1) is 0 Å². The summed E-state index contributed by atoms with van der Waals surface area (Å²) in [6.07, 6.45) is 6.13. The third kappa shape index (κ3) is 3.91. The van der Waals surface area contributed by atoms with Crippen LogP contribution in [-0.2, 0) is 4.79 Å². The summed E-state index contributed by atoms with van der Waals surface area (Å²) in [6.45, 7) is 5.18. The highest BCUT2D eigenvalue weighted by atomic mass is 16.4. The summed E-state index contributed by atoms with van der Waals surface area (Å²) in [4.78, 5) is 10.7. The molecule has 108 valence electrons. The third-order valence-corrected chi connectivity index (χ3v) is 4.14. The molecule has 0 radical (unpaired) electrons. The van der Waals surface area contributed by atoms with Gasteiger partial charge in [0.05, 0.1) is 11.2 Å². The van der Waals surface area contributed by atoms with Gasteiger partial charge in [-0.1, -0.05) is 17.7 Å². The second-order valence-corrected chi connectivity index (χ2v) is 5.79. The molecule has 0 bridgehead atoms. The van der Waals surface area contributed by atoms with E-state index in [2.05, 4.69) is 0 Å². The van der Waals surface area contributed by atoms with Crippen molar-refractivity contribution in [1.82, 2.24) is 0 Å². The quantitative estimate of drug-likeness (QED) is 0.528. The van der Waals surface area contributed by atoms with Crippen LogP contribution < -0.4 is 0 Å². The molecule has 0 saturated heterocycles. The van der Waals surface area contributed by atoms with Crippen molar-refractivity contribution in [2.75, 3.05) is 0 Å². The number of carboxylic acid groups (broad SMARTS) is 1. The molecule has 0 aromatic rings. The number of hydrogen-bond donors (Lipinski definition) is 3. The van der Waals surface area contributed by atoms with Crippen LogP contribution >= 0.6 is 0 Å². The van der Waals surface area contributed by atoms with Gasteiger partial charge in [0.2, 0.25) is 0 Å². The number of hydrogen-bond acceptors (Lipinski definition) is 3. The lowest BCUT2D eigenvalue weighted by molar-refractivity contribution is -0.149. The Balaban J connectivity index is 2.66. The van der Waals surface area contributed by atoms with Gasteiger partial charge in [0.15, 0.2) is 0 Å². The number of rotatable bonds is 5. The normalized spacial score (nSPS) is 27.6.